The van der Waals surface area contributed by atoms with Gasteiger partial charge in [-0.25, -0.2) is 0 Å². The average molecular weight is 207 g/mol. The van der Waals surface area contributed by atoms with Gasteiger partial charge in [-0.05, 0) is 24.3 Å². The van der Waals surface area contributed by atoms with Crippen molar-refractivity contribution in [3.8, 4) is 12.3 Å². The molecule has 0 amide bonds. The van der Waals surface area contributed by atoms with E-state index in [1.165, 1.54) is 4.88 Å². The molecule has 0 fully saturated rings. The van der Waals surface area contributed by atoms with Crippen LogP contribution >= 0.6 is 11.3 Å². The molecule has 0 radical (unpaired) electrons. The van der Waals surface area contributed by atoms with Gasteiger partial charge in [0.25, 0.3) is 0 Å². The molecule has 0 saturated heterocycles. The molecule has 14 heavy (non-hydrogen) atoms. The Labute approximate surface area is 90.5 Å². The summed E-state index contributed by atoms with van der Waals surface area (Å²) in [7, 11) is 0. The third-order valence-corrected chi connectivity index (χ3v) is 3.18. The van der Waals surface area contributed by atoms with Gasteiger partial charge in [0.05, 0.1) is 0 Å². The first-order chi connectivity index (χ1) is 6.86. The zero-order valence-electron chi connectivity index (χ0n) is 8.62. The van der Waals surface area contributed by atoms with Crippen molar-refractivity contribution >= 4 is 11.3 Å². The second-order valence-electron chi connectivity index (χ2n) is 3.30. The zero-order valence-corrected chi connectivity index (χ0v) is 9.44. The van der Waals surface area contributed by atoms with Crippen molar-refractivity contribution in [1.82, 2.24) is 5.32 Å². The smallest absolute Gasteiger partial charge is 0.0240 e. The largest absolute Gasteiger partial charge is 0.313 e. The summed E-state index contributed by atoms with van der Waals surface area (Å²) in [5.41, 5.74) is 0. The summed E-state index contributed by atoms with van der Waals surface area (Å²) in [6.45, 7) is 3.20. The molecule has 76 valence electrons. The van der Waals surface area contributed by atoms with E-state index in [1.54, 1.807) is 0 Å². The first kappa shape index (κ1) is 11.3. The van der Waals surface area contributed by atoms with E-state index in [0.717, 1.165) is 25.8 Å². The van der Waals surface area contributed by atoms with Gasteiger partial charge in [-0.3, -0.25) is 0 Å². The Bertz CT molecular complexity index is 271. The third-order valence-electron chi connectivity index (χ3n) is 2.24. The minimum Gasteiger partial charge on any atom is -0.313 e. The second-order valence-corrected chi connectivity index (χ2v) is 4.33. The maximum atomic E-state index is 5.28. The maximum absolute atomic E-state index is 5.28. The molecule has 0 aliphatic heterocycles. The maximum Gasteiger partial charge on any atom is 0.0240 e. The highest BCUT2D eigenvalue weighted by molar-refractivity contribution is 7.09. The lowest BCUT2D eigenvalue weighted by molar-refractivity contribution is 0.511. The summed E-state index contributed by atoms with van der Waals surface area (Å²) in [4.78, 5) is 1.44. The lowest BCUT2D eigenvalue weighted by Gasteiger charge is -2.13. The number of nitrogens with one attached hydrogen (secondary N) is 1. The van der Waals surface area contributed by atoms with Gasteiger partial charge in [0.1, 0.15) is 0 Å². The zero-order chi connectivity index (χ0) is 10.2. The second kappa shape index (κ2) is 6.64. The summed E-state index contributed by atoms with van der Waals surface area (Å²) in [6.07, 6.45) is 8.33. The van der Waals surface area contributed by atoms with Crippen molar-refractivity contribution in [1.29, 1.82) is 0 Å². The highest BCUT2D eigenvalue weighted by Gasteiger charge is 2.02. The van der Waals surface area contributed by atoms with Crippen molar-refractivity contribution in [3.63, 3.8) is 0 Å². The average Bonchev–Trinajstić information content (AvgIpc) is 2.69. The normalized spacial score (nSPS) is 12.3. The highest BCUT2D eigenvalue weighted by atomic mass is 32.1. The third kappa shape index (κ3) is 3.95. The van der Waals surface area contributed by atoms with Gasteiger partial charge in [0.15, 0.2) is 0 Å². The van der Waals surface area contributed by atoms with Crippen molar-refractivity contribution < 1.29 is 0 Å². The van der Waals surface area contributed by atoms with E-state index in [4.69, 9.17) is 6.42 Å². The van der Waals surface area contributed by atoms with Crippen LogP contribution < -0.4 is 5.32 Å². The standard InChI is InChI=1S/C12H17NS/c1-3-6-11(4-2)13-9-8-12-7-5-10-14-12/h1,5,7,10-11,13H,4,6,8-9H2,2H3. The van der Waals surface area contributed by atoms with Crippen molar-refractivity contribution in [2.45, 2.75) is 32.2 Å². The van der Waals surface area contributed by atoms with Gasteiger partial charge >= 0.3 is 0 Å². The Morgan fingerprint density at radius 3 is 3.07 bits per heavy atom. The van der Waals surface area contributed by atoms with E-state index < -0.39 is 0 Å². The van der Waals surface area contributed by atoms with Crippen LogP contribution in [0.4, 0.5) is 0 Å². The van der Waals surface area contributed by atoms with Gasteiger partial charge in [-0.15, -0.1) is 23.7 Å². The number of hydrogen-bond donors (Lipinski definition) is 1. The number of rotatable bonds is 6. The van der Waals surface area contributed by atoms with Crippen LogP contribution in [0.2, 0.25) is 0 Å². The quantitative estimate of drug-likeness (QED) is 0.707. The molecule has 2 heteroatoms. The summed E-state index contributed by atoms with van der Waals surface area (Å²) in [5, 5.41) is 5.59. The van der Waals surface area contributed by atoms with Crippen LogP contribution in [0.25, 0.3) is 0 Å². The van der Waals surface area contributed by atoms with Crippen molar-refractivity contribution in [3.05, 3.63) is 22.4 Å². The molecule has 1 nitrogen and oxygen atoms in total. The molecule has 0 aliphatic carbocycles. The van der Waals surface area contributed by atoms with Gasteiger partial charge < -0.3 is 5.32 Å². The summed E-state index contributed by atoms with van der Waals surface area (Å²) >= 11 is 1.82. The number of thiophene rings is 1. The summed E-state index contributed by atoms with van der Waals surface area (Å²) in [5.74, 6) is 2.70. The van der Waals surface area contributed by atoms with Crippen molar-refractivity contribution in [2.75, 3.05) is 6.54 Å². The Balaban J connectivity index is 2.17. The first-order valence-corrected chi connectivity index (χ1v) is 5.94. The molecule has 0 aromatic carbocycles. The lowest BCUT2D eigenvalue weighted by atomic mass is 10.1. The lowest BCUT2D eigenvalue weighted by Crippen LogP contribution is -2.29. The van der Waals surface area contributed by atoms with Crippen LogP contribution in [0.15, 0.2) is 17.5 Å². The summed E-state index contributed by atoms with van der Waals surface area (Å²) < 4.78 is 0. The van der Waals surface area contributed by atoms with E-state index in [0.29, 0.717) is 6.04 Å². The Hall–Kier alpha value is -0.780. The SMILES string of the molecule is C#CCC(CC)NCCc1cccs1. The number of hydrogen-bond acceptors (Lipinski definition) is 2. The van der Waals surface area contributed by atoms with Gasteiger partial charge in [-0.2, -0.15) is 0 Å². The predicted octanol–water partition coefficient (Wildman–Crippen LogP) is 2.68. The molecular formula is C12H17NS. The Morgan fingerprint density at radius 1 is 1.64 bits per heavy atom. The molecule has 1 unspecified atom stereocenters. The van der Waals surface area contributed by atoms with E-state index in [9.17, 15) is 0 Å². The van der Waals surface area contributed by atoms with E-state index >= 15 is 0 Å². The molecule has 1 atom stereocenters. The van der Waals surface area contributed by atoms with Crippen LogP contribution in [0, 0.1) is 12.3 Å². The minimum absolute atomic E-state index is 0.486. The molecule has 1 aromatic rings. The molecule has 0 aliphatic rings. The molecule has 1 heterocycles. The van der Waals surface area contributed by atoms with E-state index in [2.05, 4.69) is 35.7 Å². The van der Waals surface area contributed by atoms with Crippen LogP contribution in [-0.4, -0.2) is 12.6 Å². The van der Waals surface area contributed by atoms with Gasteiger partial charge in [0.2, 0.25) is 0 Å². The van der Waals surface area contributed by atoms with Crippen LogP contribution in [-0.2, 0) is 6.42 Å². The molecule has 0 spiro atoms. The van der Waals surface area contributed by atoms with Crippen LogP contribution in [0.3, 0.4) is 0 Å². The van der Waals surface area contributed by atoms with Gasteiger partial charge in [0, 0.05) is 23.9 Å². The topological polar surface area (TPSA) is 12.0 Å². The van der Waals surface area contributed by atoms with Gasteiger partial charge in [-0.1, -0.05) is 13.0 Å². The Kier molecular flexibility index (Phi) is 5.36. The molecular weight excluding hydrogens is 190 g/mol. The molecule has 0 bridgehead atoms. The predicted molar refractivity (Wildman–Crippen MR) is 63.6 cm³/mol. The minimum atomic E-state index is 0.486. The molecule has 1 N–H and O–H groups in total. The number of terminal acetylenes is 1. The van der Waals surface area contributed by atoms with Crippen LogP contribution in [0.5, 0.6) is 0 Å². The van der Waals surface area contributed by atoms with Crippen LogP contribution in [0.1, 0.15) is 24.6 Å². The fourth-order valence-electron chi connectivity index (χ4n) is 1.36. The Morgan fingerprint density at radius 2 is 2.50 bits per heavy atom. The first-order valence-electron chi connectivity index (χ1n) is 5.06. The molecule has 0 saturated carbocycles. The molecule has 1 rings (SSSR count). The monoisotopic (exact) mass is 207 g/mol. The van der Waals surface area contributed by atoms with E-state index in [1.807, 2.05) is 11.3 Å². The highest BCUT2D eigenvalue weighted by Crippen LogP contribution is 2.08. The summed E-state index contributed by atoms with van der Waals surface area (Å²) in [6, 6.07) is 4.76. The molecule has 1 aromatic heterocycles. The van der Waals surface area contributed by atoms with E-state index in [-0.39, 0.29) is 0 Å². The van der Waals surface area contributed by atoms with Crippen molar-refractivity contribution in [2.24, 2.45) is 0 Å². The fourth-order valence-corrected chi connectivity index (χ4v) is 2.07. The fraction of sp³-hybridized carbons (Fsp3) is 0.500.